The maximum absolute atomic E-state index is 12.1. The molecule has 0 spiro atoms. The van der Waals surface area contributed by atoms with Gasteiger partial charge in [0.25, 0.3) is 0 Å². The number of nitrogens with one attached hydrogen (secondary N) is 1. The lowest BCUT2D eigenvalue weighted by molar-refractivity contribution is 0.179. The van der Waals surface area contributed by atoms with Gasteiger partial charge in [-0.05, 0) is 12.8 Å². The quantitative estimate of drug-likeness (QED) is 0.709. The molecule has 0 amide bonds. The van der Waals surface area contributed by atoms with Crippen molar-refractivity contribution >= 4 is 10.0 Å². The summed E-state index contributed by atoms with van der Waals surface area (Å²) in [5, 5.41) is 3.32. The number of piperazine rings is 1. The van der Waals surface area contributed by atoms with E-state index in [4.69, 9.17) is 0 Å². The molecule has 2 aliphatic rings. The zero-order valence-corrected chi connectivity index (χ0v) is 11.7. The van der Waals surface area contributed by atoms with Crippen molar-refractivity contribution in [1.29, 1.82) is 0 Å². The molecule has 0 bridgehead atoms. The van der Waals surface area contributed by atoms with Crippen LogP contribution in [-0.4, -0.2) is 68.7 Å². The summed E-state index contributed by atoms with van der Waals surface area (Å²) in [6.45, 7) is 9.01. The van der Waals surface area contributed by atoms with Gasteiger partial charge in [0, 0.05) is 45.3 Å². The molecule has 1 unspecified atom stereocenters. The number of allylic oxidation sites excluding steroid dienone is 1. The molecular weight excluding hydrogens is 250 g/mol. The fourth-order valence-corrected chi connectivity index (χ4v) is 4.18. The van der Waals surface area contributed by atoms with Crippen LogP contribution in [0.3, 0.4) is 0 Å². The zero-order chi connectivity index (χ0) is 13.0. The third-order valence-electron chi connectivity index (χ3n) is 3.77. The number of rotatable bonds is 5. The SMILES string of the molecule is C=CCCS(=O)(=O)N1CCC(N2CCNCC2)C1. The summed E-state index contributed by atoms with van der Waals surface area (Å²) in [6, 6.07) is 0.408. The summed E-state index contributed by atoms with van der Waals surface area (Å²) in [4.78, 5) is 2.42. The van der Waals surface area contributed by atoms with Crippen molar-refractivity contribution in [3.05, 3.63) is 12.7 Å². The van der Waals surface area contributed by atoms with Gasteiger partial charge in [0.2, 0.25) is 10.0 Å². The Morgan fingerprint density at radius 3 is 2.67 bits per heavy atom. The summed E-state index contributed by atoms with van der Waals surface area (Å²) >= 11 is 0. The van der Waals surface area contributed by atoms with Gasteiger partial charge < -0.3 is 5.32 Å². The van der Waals surface area contributed by atoms with Crippen LogP contribution in [0.15, 0.2) is 12.7 Å². The van der Waals surface area contributed by atoms with Crippen LogP contribution < -0.4 is 5.32 Å². The van der Waals surface area contributed by atoms with Gasteiger partial charge in [-0.15, -0.1) is 6.58 Å². The molecule has 5 nitrogen and oxygen atoms in total. The van der Waals surface area contributed by atoms with Gasteiger partial charge in [-0.1, -0.05) is 6.08 Å². The lowest BCUT2D eigenvalue weighted by Gasteiger charge is -2.32. The van der Waals surface area contributed by atoms with E-state index in [2.05, 4.69) is 16.8 Å². The fraction of sp³-hybridized carbons (Fsp3) is 0.833. The normalized spacial score (nSPS) is 27.4. The van der Waals surface area contributed by atoms with Crippen molar-refractivity contribution in [1.82, 2.24) is 14.5 Å². The molecule has 2 saturated heterocycles. The minimum atomic E-state index is -3.07. The maximum Gasteiger partial charge on any atom is 0.214 e. The Balaban J connectivity index is 1.89. The van der Waals surface area contributed by atoms with E-state index in [0.717, 1.165) is 32.6 Å². The van der Waals surface area contributed by atoms with Crippen LogP contribution in [0.5, 0.6) is 0 Å². The zero-order valence-electron chi connectivity index (χ0n) is 10.8. The van der Waals surface area contributed by atoms with Gasteiger partial charge in [-0.2, -0.15) is 0 Å². The van der Waals surface area contributed by atoms with E-state index in [0.29, 0.717) is 25.6 Å². The van der Waals surface area contributed by atoms with Crippen molar-refractivity contribution in [3.63, 3.8) is 0 Å². The lowest BCUT2D eigenvalue weighted by atomic mass is 10.2. The predicted molar refractivity (Wildman–Crippen MR) is 73.0 cm³/mol. The lowest BCUT2D eigenvalue weighted by Crippen LogP contribution is -2.49. The summed E-state index contributed by atoms with van der Waals surface area (Å²) in [5.74, 6) is 0.199. The first kappa shape index (κ1) is 14.0. The third kappa shape index (κ3) is 3.32. The maximum atomic E-state index is 12.1. The first-order chi connectivity index (χ1) is 8.63. The van der Waals surface area contributed by atoms with Gasteiger partial charge in [0.05, 0.1) is 5.75 Å². The Morgan fingerprint density at radius 2 is 2.00 bits per heavy atom. The number of hydrogen-bond donors (Lipinski definition) is 1. The molecule has 1 atom stereocenters. The molecule has 0 aromatic heterocycles. The van der Waals surface area contributed by atoms with Crippen LogP contribution in [0.25, 0.3) is 0 Å². The Labute approximate surface area is 110 Å². The van der Waals surface area contributed by atoms with E-state index >= 15 is 0 Å². The average molecular weight is 273 g/mol. The van der Waals surface area contributed by atoms with E-state index in [-0.39, 0.29) is 5.75 Å². The molecule has 104 valence electrons. The molecular formula is C12H23N3O2S. The van der Waals surface area contributed by atoms with Crippen molar-refractivity contribution in [2.75, 3.05) is 45.0 Å². The molecule has 2 fully saturated rings. The summed E-state index contributed by atoms with van der Waals surface area (Å²) in [6.07, 6.45) is 3.17. The van der Waals surface area contributed by atoms with Crippen LogP contribution in [-0.2, 0) is 10.0 Å². The third-order valence-corrected chi connectivity index (χ3v) is 5.64. The number of nitrogens with zero attached hydrogens (tertiary/aromatic N) is 2. The van der Waals surface area contributed by atoms with Crippen molar-refractivity contribution < 1.29 is 8.42 Å². The molecule has 2 aliphatic heterocycles. The van der Waals surface area contributed by atoms with Crippen LogP contribution in [0.4, 0.5) is 0 Å². The Bertz CT molecular complexity index is 377. The molecule has 2 heterocycles. The van der Waals surface area contributed by atoms with Gasteiger partial charge in [0.15, 0.2) is 0 Å². The van der Waals surface area contributed by atoms with E-state index < -0.39 is 10.0 Å². The first-order valence-electron chi connectivity index (χ1n) is 6.67. The van der Waals surface area contributed by atoms with Gasteiger partial charge in [-0.25, -0.2) is 12.7 Å². The van der Waals surface area contributed by atoms with Crippen molar-refractivity contribution in [2.24, 2.45) is 0 Å². The van der Waals surface area contributed by atoms with Gasteiger partial charge in [0.1, 0.15) is 0 Å². The molecule has 0 aromatic carbocycles. The summed E-state index contributed by atoms with van der Waals surface area (Å²) < 4.78 is 25.8. The topological polar surface area (TPSA) is 52.7 Å². The molecule has 2 rings (SSSR count). The predicted octanol–water partition coefficient (Wildman–Crippen LogP) is -0.128. The number of sulfonamides is 1. The van der Waals surface area contributed by atoms with E-state index in [9.17, 15) is 8.42 Å². The second kappa shape index (κ2) is 6.14. The van der Waals surface area contributed by atoms with E-state index in [1.807, 2.05) is 0 Å². The van der Waals surface area contributed by atoms with E-state index in [1.165, 1.54) is 0 Å². The monoisotopic (exact) mass is 273 g/mol. The highest BCUT2D eigenvalue weighted by Gasteiger charge is 2.34. The van der Waals surface area contributed by atoms with Crippen LogP contribution >= 0.6 is 0 Å². The van der Waals surface area contributed by atoms with Crippen molar-refractivity contribution in [3.8, 4) is 0 Å². The Morgan fingerprint density at radius 1 is 1.28 bits per heavy atom. The molecule has 0 aliphatic carbocycles. The summed E-state index contributed by atoms with van der Waals surface area (Å²) in [7, 11) is -3.07. The van der Waals surface area contributed by atoms with Crippen molar-refractivity contribution in [2.45, 2.75) is 18.9 Å². The molecule has 6 heteroatoms. The highest BCUT2D eigenvalue weighted by molar-refractivity contribution is 7.89. The van der Waals surface area contributed by atoms with E-state index in [1.54, 1.807) is 10.4 Å². The minimum absolute atomic E-state index is 0.199. The Kier molecular flexibility index (Phi) is 4.77. The highest BCUT2D eigenvalue weighted by atomic mass is 32.2. The standard InChI is InChI=1S/C12H23N3O2S/c1-2-3-10-18(16,17)15-7-4-12(11-15)14-8-5-13-6-9-14/h2,12-13H,1,3-11H2. The molecule has 1 N–H and O–H groups in total. The average Bonchev–Trinajstić information content (AvgIpc) is 2.88. The smallest absolute Gasteiger partial charge is 0.214 e. The van der Waals surface area contributed by atoms with Gasteiger partial charge in [-0.3, -0.25) is 4.90 Å². The first-order valence-corrected chi connectivity index (χ1v) is 8.28. The summed E-state index contributed by atoms with van der Waals surface area (Å²) in [5.41, 5.74) is 0. The fourth-order valence-electron chi connectivity index (χ4n) is 2.67. The highest BCUT2D eigenvalue weighted by Crippen LogP contribution is 2.19. The molecule has 18 heavy (non-hydrogen) atoms. The number of hydrogen-bond acceptors (Lipinski definition) is 4. The molecule has 0 aromatic rings. The van der Waals surface area contributed by atoms with Crippen LogP contribution in [0.1, 0.15) is 12.8 Å². The molecule has 0 saturated carbocycles. The Hall–Kier alpha value is -0.430. The van der Waals surface area contributed by atoms with Crippen LogP contribution in [0, 0.1) is 0 Å². The minimum Gasteiger partial charge on any atom is -0.314 e. The van der Waals surface area contributed by atoms with Crippen LogP contribution in [0.2, 0.25) is 0 Å². The molecule has 0 radical (unpaired) electrons. The second-order valence-electron chi connectivity index (χ2n) is 4.98. The van der Waals surface area contributed by atoms with Gasteiger partial charge >= 0.3 is 0 Å². The largest absolute Gasteiger partial charge is 0.314 e. The second-order valence-corrected chi connectivity index (χ2v) is 7.07.